The van der Waals surface area contributed by atoms with Crippen LogP contribution >= 0.6 is 0 Å². The lowest BCUT2D eigenvalue weighted by atomic mass is 10.1. The molecule has 162 valence electrons. The number of phenolic OH excluding ortho intramolecular Hbond substituents is 1. The highest BCUT2D eigenvalue weighted by Gasteiger charge is 2.14. The van der Waals surface area contributed by atoms with Crippen molar-refractivity contribution in [3.05, 3.63) is 94.2 Å². The van der Waals surface area contributed by atoms with Crippen molar-refractivity contribution in [3.8, 4) is 28.5 Å². The third-order valence-electron chi connectivity index (χ3n) is 5.06. The van der Waals surface area contributed by atoms with E-state index in [0.29, 0.717) is 45.3 Å². The summed E-state index contributed by atoms with van der Waals surface area (Å²) < 4.78 is 11.6. The number of nitro groups is 1. The molecule has 0 aliphatic carbocycles. The Morgan fingerprint density at radius 3 is 2.76 bits per heavy atom. The number of hydrogen-bond acceptors (Lipinski definition) is 7. The molecule has 3 aromatic carbocycles. The van der Waals surface area contributed by atoms with Gasteiger partial charge in [-0.2, -0.15) is 0 Å². The van der Waals surface area contributed by atoms with Crippen molar-refractivity contribution in [1.82, 2.24) is 4.98 Å². The summed E-state index contributed by atoms with van der Waals surface area (Å²) in [4.78, 5) is 19.4. The Balaban J connectivity index is 1.41. The minimum absolute atomic E-state index is 0.00917. The average Bonchev–Trinajstić information content (AvgIpc) is 3.45. The number of aromatic nitrogens is 1. The van der Waals surface area contributed by atoms with Gasteiger partial charge in [-0.25, -0.2) is 4.98 Å². The SMILES string of the molecule is Cc1ccc2oc(-c3cc(N=Cc4ccc(-c5cccc([N+](=O)[O-])c5)o4)ccc3O)nc2c1. The van der Waals surface area contributed by atoms with Crippen molar-refractivity contribution < 1.29 is 18.9 Å². The zero-order valence-electron chi connectivity index (χ0n) is 17.4. The molecule has 5 aromatic rings. The van der Waals surface area contributed by atoms with E-state index in [1.54, 1.807) is 36.4 Å². The number of nitrogens with zero attached hydrogens (tertiary/aromatic N) is 3. The van der Waals surface area contributed by atoms with Gasteiger partial charge in [-0.05, 0) is 55.0 Å². The van der Waals surface area contributed by atoms with Gasteiger partial charge in [0.15, 0.2) is 5.58 Å². The fourth-order valence-electron chi connectivity index (χ4n) is 3.42. The zero-order chi connectivity index (χ0) is 22.9. The van der Waals surface area contributed by atoms with Gasteiger partial charge in [0.2, 0.25) is 5.89 Å². The predicted molar refractivity (Wildman–Crippen MR) is 124 cm³/mol. The van der Waals surface area contributed by atoms with Crippen LogP contribution in [0.5, 0.6) is 5.75 Å². The summed E-state index contributed by atoms with van der Waals surface area (Å²) >= 11 is 0. The number of rotatable bonds is 5. The number of fused-ring (bicyclic) bond motifs is 1. The van der Waals surface area contributed by atoms with Crippen molar-refractivity contribution in [2.24, 2.45) is 4.99 Å². The summed E-state index contributed by atoms with van der Waals surface area (Å²) in [6.07, 6.45) is 1.53. The summed E-state index contributed by atoms with van der Waals surface area (Å²) in [5, 5.41) is 21.3. The Labute approximate surface area is 187 Å². The molecule has 0 aliphatic rings. The lowest BCUT2D eigenvalue weighted by molar-refractivity contribution is -0.384. The third-order valence-corrected chi connectivity index (χ3v) is 5.06. The normalized spacial score (nSPS) is 11.4. The molecule has 33 heavy (non-hydrogen) atoms. The van der Waals surface area contributed by atoms with E-state index < -0.39 is 4.92 Å². The Hall–Kier alpha value is -4.72. The Kier molecular flexibility index (Phi) is 4.95. The molecule has 0 aliphatic heterocycles. The van der Waals surface area contributed by atoms with Gasteiger partial charge >= 0.3 is 0 Å². The molecule has 0 saturated carbocycles. The fraction of sp³-hybridized carbons (Fsp3) is 0.0400. The first-order chi connectivity index (χ1) is 16.0. The molecule has 5 rings (SSSR count). The summed E-state index contributed by atoms with van der Waals surface area (Å²) in [5.41, 5.74) is 3.99. The van der Waals surface area contributed by atoms with Gasteiger partial charge in [-0.3, -0.25) is 15.1 Å². The maximum Gasteiger partial charge on any atom is 0.270 e. The van der Waals surface area contributed by atoms with Crippen LogP contribution in [0, 0.1) is 17.0 Å². The number of phenols is 1. The Morgan fingerprint density at radius 2 is 1.91 bits per heavy atom. The highest BCUT2D eigenvalue weighted by Crippen LogP contribution is 2.34. The molecule has 1 N–H and O–H groups in total. The lowest BCUT2D eigenvalue weighted by Crippen LogP contribution is -1.87. The lowest BCUT2D eigenvalue weighted by Gasteiger charge is -2.01. The van der Waals surface area contributed by atoms with E-state index in [-0.39, 0.29) is 11.4 Å². The second-order valence-electron chi connectivity index (χ2n) is 7.46. The summed E-state index contributed by atoms with van der Waals surface area (Å²) in [5.74, 6) is 1.30. The van der Waals surface area contributed by atoms with Crippen molar-refractivity contribution >= 4 is 28.7 Å². The number of aryl methyl sites for hydroxylation is 1. The van der Waals surface area contributed by atoms with Gasteiger partial charge in [0.1, 0.15) is 22.8 Å². The topological polar surface area (TPSA) is 115 Å². The monoisotopic (exact) mass is 439 g/mol. The maximum absolute atomic E-state index is 11.0. The second kappa shape index (κ2) is 8.08. The molecule has 0 spiro atoms. The number of aromatic hydroxyl groups is 1. The van der Waals surface area contributed by atoms with Crippen LogP contribution in [0.1, 0.15) is 11.3 Å². The molecule has 8 nitrogen and oxygen atoms in total. The average molecular weight is 439 g/mol. The van der Waals surface area contributed by atoms with Crippen LogP contribution in [0.4, 0.5) is 11.4 Å². The fourth-order valence-corrected chi connectivity index (χ4v) is 3.42. The molecule has 0 radical (unpaired) electrons. The molecule has 0 unspecified atom stereocenters. The van der Waals surface area contributed by atoms with Crippen LogP contribution < -0.4 is 0 Å². The smallest absolute Gasteiger partial charge is 0.270 e. The summed E-state index contributed by atoms with van der Waals surface area (Å²) in [6, 6.07) is 20.2. The standard InChI is InChI=1S/C25H17N3O5/c1-15-5-9-24-21(11-15)27-25(33-24)20-13-17(6-8-22(20)29)26-14-19-7-10-23(32-19)16-3-2-4-18(12-16)28(30)31/h2-14,29H,1H3. The van der Waals surface area contributed by atoms with Crippen molar-refractivity contribution in [1.29, 1.82) is 0 Å². The van der Waals surface area contributed by atoms with E-state index >= 15 is 0 Å². The van der Waals surface area contributed by atoms with Crippen molar-refractivity contribution in [3.63, 3.8) is 0 Å². The first-order valence-electron chi connectivity index (χ1n) is 10.1. The maximum atomic E-state index is 11.0. The Morgan fingerprint density at radius 1 is 1.03 bits per heavy atom. The molecule has 2 aromatic heterocycles. The van der Waals surface area contributed by atoms with Crippen molar-refractivity contribution in [2.75, 3.05) is 0 Å². The minimum atomic E-state index is -0.449. The summed E-state index contributed by atoms with van der Waals surface area (Å²) in [7, 11) is 0. The van der Waals surface area contributed by atoms with E-state index in [9.17, 15) is 15.2 Å². The van der Waals surface area contributed by atoms with Crippen LogP contribution in [-0.4, -0.2) is 21.2 Å². The van der Waals surface area contributed by atoms with Gasteiger partial charge in [0.25, 0.3) is 5.69 Å². The zero-order valence-corrected chi connectivity index (χ0v) is 17.4. The summed E-state index contributed by atoms with van der Waals surface area (Å²) in [6.45, 7) is 1.97. The number of aliphatic imine (C=N–C) groups is 1. The van der Waals surface area contributed by atoms with E-state index in [2.05, 4.69) is 9.98 Å². The largest absolute Gasteiger partial charge is 0.507 e. The molecule has 0 saturated heterocycles. The first-order valence-corrected chi connectivity index (χ1v) is 10.1. The third kappa shape index (κ3) is 4.09. The van der Waals surface area contributed by atoms with Crippen LogP contribution in [-0.2, 0) is 0 Å². The number of non-ortho nitro benzene ring substituents is 1. The molecule has 0 amide bonds. The van der Waals surface area contributed by atoms with Crippen LogP contribution in [0.25, 0.3) is 33.9 Å². The molecular formula is C25H17N3O5. The first kappa shape index (κ1) is 20.2. The van der Waals surface area contributed by atoms with Crippen LogP contribution in [0.2, 0.25) is 0 Å². The van der Waals surface area contributed by atoms with Crippen LogP contribution in [0.3, 0.4) is 0 Å². The Bertz CT molecular complexity index is 1530. The van der Waals surface area contributed by atoms with E-state index in [0.717, 1.165) is 5.56 Å². The number of nitro benzene ring substituents is 1. The highest BCUT2D eigenvalue weighted by atomic mass is 16.6. The number of hydrogen-bond donors (Lipinski definition) is 1. The predicted octanol–water partition coefficient (Wildman–Crippen LogP) is 6.43. The highest BCUT2D eigenvalue weighted by molar-refractivity contribution is 5.82. The van der Waals surface area contributed by atoms with Gasteiger partial charge in [0.05, 0.1) is 22.4 Å². The number of furan rings is 1. The quantitative estimate of drug-likeness (QED) is 0.192. The molecule has 0 atom stereocenters. The van der Waals surface area contributed by atoms with Crippen molar-refractivity contribution in [2.45, 2.75) is 6.92 Å². The van der Waals surface area contributed by atoms with Crippen LogP contribution in [0.15, 0.2) is 86.6 Å². The van der Waals surface area contributed by atoms with Gasteiger partial charge < -0.3 is 13.9 Å². The van der Waals surface area contributed by atoms with Gasteiger partial charge in [-0.1, -0.05) is 18.2 Å². The number of oxazole rings is 1. The molecule has 8 heteroatoms. The van der Waals surface area contributed by atoms with E-state index in [4.69, 9.17) is 8.83 Å². The molecule has 0 bridgehead atoms. The number of benzene rings is 3. The van der Waals surface area contributed by atoms with E-state index in [1.165, 1.54) is 24.4 Å². The molecule has 2 heterocycles. The second-order valence-corrected chi connectivity index (χ2v) is 7.46. The molecule has 0 fully saturated rings. The minimum Gasteiger partial charge on any atom is -0.507 e. The van der Waals surface area contributed by atoms with Gasteiger partial charge in [-0.15, -0.1) is 0 Å². The molecular weight excluding hydrogens is 422 g/mol. The van der Waals surface area contributed by atoms with E-state index in [1.807, 2.05) is 25.1 Å². The van der Waals surface area contributed by atoms with Gasteiger partial charge in [0, 0.05) is 17.7 Å².